The Hall–Kier alpha value is -0.940. The number of hydrogen-bond donors (Lipinski definition) is 1. The average Bonchev–Trinajstić information content (AvgIpc) is 2.87. The molecule has 1 aromatic heterocycles. The fourth-order valence-corrected chi connectivity index (χ4v) is 3.06. The van der Waals surface area contributed by atoms with Gasteiger partial charge in [-0.1, -0.05) is 20.8 Å². The van der Waals surface area contributed by atoms with Crippen molar-refractivity contribution in [1.29, 1.82) is 0 Å². The van der Waals surface area contributed by atoms with E-state index in [2.05, 4.69) is 45.8 Å². The van der Waals surface area contributed by atoms with Crippen LogP contribution in [0.3, 0.4) is 0 Å². The van der Waals surface area contributed by atoms with Crippen LogP contribution in [0.5, 0.6) is 0 Å². The molecule has 1 N–H and O–H groups in total. The maximum absolute atomic E-state index is 4.45. The van der Waals surface area contributed by atoms with Crippen LogP contribution < -0.4 is 5.32 Å². The Morgan fingerprint density at radius 1 is 1.32 bits per heavy atom. The number of rotatable bonds is 6. The second-order valence-corrected chi connectivity index (χ2v) is 5.43. The van der Waals surface area contributed by atoms with Crippen LogP contribution in [-0.4, -0.2) is 44.8 Å². The summed E-state index contributed by atoms with van der Waals surface area (Å²) in [5.41, 5.74) is 0.279. The van der Waals surface area contributed by atoms with Gasteiger partial charge < -0.3 is 5.32 Å². The summed E-state index contributed by atoms with van der Waals surface area (Å²) < 4.78 is 2.05. The number of nitrogens with zero attached hydrogens (tertiary/aromatic N) is 4. The molecule has 1 aliphatic heterocycles. The first-order chi connectivity index (χ1) is 9.25. The molecule has 0 saturated carbocycles. The minimum atomic E-state index is 0.279. The van der Waals surface area contributed by atoms with Gasteiger partial charge in [0.15, 0.2) is 0 Å². The number of aryl methyl sites for hydroxylation is 1. The van der Waals surface area contributed by atoms with Crippen molar-refractivity contribution in [2.75, 3.05) is 19.6 Å². The summed E-state index contributed by atoms with van der Waals surface area (Å²) in [4.78, 5) is 7.05. The maximum Gasteiger partial charge on any atom is 0.141 e. The highest BCUT2D eigenvalue weighted by Crippen LogP contribution is 2.26. The molecule has 0 aliphatic carbocycles. The summed E-state index contributed by atoms with van der Waals surface area (Å²) >= 11 is 0. The summed E-state index contributed by atoms with van der Waals surface area (Å²) in [6.45, 7) is 11.9. The summed E-state index contributed by atoms with van der Waals surface area (Å²) in [6.07, 6.45) is 5.15. The molecule has 108 valence electrons. The van der Waals surface area contributed by atoms with Gasteiger partial charge in [-0.2, -0.15) is 5.10 Å². The molecule has 5 nitrogen and oxygen atoms in total. The van der Waals surface area contributed by atoms with Gasteiger partial charge >= 0.3 is 0 Å². The van der Waals surface area contributed by atoms with Gasteiger partial charge in [-0.25, -0.2) is 9.67 Å². The third kappa shape index (κ3) is 2.98. The van der Waals surface area contributed by atoms with Gasteiger partial charge in [-0.3, -0.25) is 4.90 Å². The third-order valence-corrected chi connectivity index (χ3v) is 4.46. The monoisotopic (exact) mass is 265 g/mol. The van der Waals surface area contributed by atoms with Crippen molar-refractivity contribution in [3.63, 3.8) is 0 Å². The fourth-order valence-electron chi connectivity index (χ4n) is 3.06. The number of hydrogen-bond acceptors (Lipinski definition) is 4. The minimum absolute atomic E-state index is 0.279. The molecule has 1 fully saturated rings. The SMILES string of the molecule is CCCn1ncnc1CN1CCNCC1(CC)CC. The zero-order valence-electron chi connectivity index (χ0n) is 12.5. The first kappa shape index (κ1) is 14.5. The van der Waals surface area contributed by atoms with Crippen molar-refractivity contribution in [2.24, 2.45) is 0 Å². The lowest BCUT2D eigenvalue weighted by Crippen LogP contribution is -2.60. The van der Waals surface area contributed by atoms with Crippen LogP contribution in [0.2, 0.25) is 0 Å². The zero-order valence-corrected chi connectivity index (χ0v) is 12.5. The summed E-state index contributed by atoms with van der Waals surface area (Å²) in [5, 5.41) is 7.88. The Kier molecular flexibility index (Phi) is 4.93. The Bertz CT molecular complexity index is 383. The van der Waals surface area contributed by atoms with Crippen LogP contribution in [0.4, 0.5) is 0 Å². The van der Waals surface area contributed by atoms with Gasteiger partial charge in [0.05, 0.1) is 6.54 Å². The molecule has 0 radical (unpaired) electrons. The molecule has 5 heteroatoms. The van der Waals surface area contributed by atoms with Crippen LogP contribution in [0.15, 0.2) is 6.33 Å². The van der Waals surface area contributed by atoms with Crippen molar-refractivity contribution >= 4 is 0 Å². The van der Waals surface area contributed by atoms with E-state index in [9.17, 15) is 0 Å². The Morgan fingerprint density at radius 2 is 2.11 bits per heavy atom. The molecule has 0 bridgehead atoms. The van der Waals surface area contributed by atoms with Gasteiger partial charge in [0.2, 0.25) is 0 Å². The van der Waals surface area contributed by atoms with Crippen LogP contribution in [-0.2, 0) is 13.1 Å². The Balaban J connectivity index is 2.13. The van der Waals surface area contributed by atoms with Gasteiger partial charge in [0.25, 0.3) is 0 Å². The van der Waals surface area contributed by atoms with E-state index in [0.29, 0.717) is 0 Å². The molecule has 1 saturated heterocycles. The van der Waals surface area contributed by atoms with Gasteiger partial charge in [0.1, 0.15) is 12.2 Å². The Labute approximate surface area is 116 Å². The molecule has 0 spiro atoms. The van der Waals surface area contributed by atoms with Crippen LogP contribution in [0.1, 0.15) is 45.9 Å². The smallest absolute Gasteiger partial charge is 0.141 e. The van der Waals surface area contributed by atoms with E-state index in [1.807, 2.05) is 0 Å². The highest BCUT2D eigenvalue weighted by molar-refractivity contribution is 4.97. The number of nitrogens with one attached hydrogen (secondary N) is 1. The van der Waals surface area contributed by atoms with Gasteiger partial charge in [-0.05, 0) is 19.3 Å². The largest absolute Gasteiger partial charge is 0.314 e. The first-order valence-electron chi connectivity index (χ1n) is 7.58. The molecular weight excluding hydrogens is 238 g/mol. The highest BCUT2D eigenvalue weighted by atomic mass is 15.4. The number of piperazine rings is 1. The molecule has 0 aromatic carbocycles. The van der Waals surface area contributed by atoms with E-state index in [4.69, 9.17) is 0 Å². The summed E-state index contributed by atoms with van der Waals surface area (Å²) in [7, 11) is 0. The standard InChI is InChI=1S/C14H27N5/c1-4-8-19-13(16-12-17-19)10-18-9-7-15-11-14(18,5-2)6-3/h12,15H,4-11H2,1-3H3. The predicted molar refractivity (Wildman–Crippen MR) is 76.9 cm³/mol. The quantitative estimate of drug-likeness (QED) is 0.849. The lowest BCUT2D eigenvalue weighted by atomic mass is 9.88. The third-order valence-electron chi connectivity index (χ3n) is 4.46. The van der Waals surface area contributed by atoms with Crippen LogP contribution >= 0.6 is 0 Å². The highest BCUT2D eigenvalue weighted by Gasteiger charge is 2.36. The van der Waals surface area contributed by atoms with Crippen LogP contribution in [0.25, 0.3) is 0 Å². The fraction of sp³-hybridized carbons (Fsp3) is 0.857. The average molecular weight is 265 g/mol. The van der Waals surface area contributed by atoms with Crippen molar-refractivity contribution in [3.8, 4) is 0 Å². The Morgan fingerprint density at radius 3 is 2.79 bits per heavy atom. The maximum atomic E-state index is 4.45. The van der Waals surface area contributed by atoms with E-state index in [1.54, 1.807) is 6.33 Å². The van der Waals surface area contributed by atoms with E-state index < -0.39 is 0 Å². The predicted octanol–water partition coefficient (Wildman–Crippen LogP) is 1.65. The molecular formula is C14H27N5. The molecule has 1 aromatic rings. The van der Waals surface area contributed by atoms with Crippen molar-refractivity contribution in [2.45, 2.75) is 58.7 Å². The number of aromatic nitrogens is 3. The van der Waals surface area contributed by atoms with E-state index in [1.165, 1.54) is 12.8 Å². The van der Waals surface area contributed by atoms with Gasteiger partial charge in [-0.15, -0.1) is 0 Å². The van der Waals surface area contributed by atoms with E-state index >= 15 is 0 Å². The van der Waals surface area contributed by atoms with Crippen molar-refractivity contribution in [1.82, 2.24) is 25.0 Å². The van der Waals surface area contributed by atoms with Crippen molar-refractivity contribution < 1.29 is 0 Å². The van der Waals surface area contributed by atoms with E-state index in [-0.39, 0.29) is 5.54 Å². The van der Waals surface area contributed by atoms with Crippen LogP contribution in [0, 0.1) is 0 Å². The van der Waals surface area contributed by atoms with Gasteiger partial charge in [0, 0.05) is 31.7 Å². The second-order valence-electron chi connectivity index (χ2n) is 5.43. The first-order valence-corrected chi connectivity index (χ1v) is 7.58. The molecule has 0 atom stereocenters. The lowest BCUT2D eigenvalue weighted by molar-refractivity contribution is 0.0412. The normalized spacial score (nSPS) is 19.7. The molecule has 0 amide bonds. The topological polar surface area (TPSA) is 46.0 Å². The zero-order chi connectivity index (χ0) is 13.7. The molecule has 1 aliphatic rings. The molecule has 0 unspecified atom stereocenters. The summed E-state index contributed by atoms with van der Waals surface area (Å²) in [5.74, 6) is 1.11. The lowest BCUT2D eigenvalue weighted by Gasteiger charge is -2.46. The molecule has 2 rings (SSSR count). The van der Waals surface area contributed by atoms with Crippen molar-refractivity contribution in [3.05, 3.63) is 12.2 Å². The summed E-state index contributed by atoms with van der Waals surface area (Å²) in [6, 6.07) is 0. The second kappa shape index (κ2) is 6.48. The van der Waals surface area contributed by atoms with E-state index in [0.717, 1.165) is 45.0 Å². The molecule has 2 heterocycles. The minimum Gasteiger partial charge on any atom is -0.314 e. The molecule has 19 heavy (non-hydrogen) atoms.